The number of hydrazone groups is 1. The van der Waals surface area contributed by atoms with E-state index in [0.717, 1.165) is 34.7 Å². The van der Waals surface area contributed by atoms with Gasteiger partial charge in [0, 0.05) is 40.8 Å². The maximum Gasteiger partial charge on any atom is 0.277 e. The van der Waals surface area contributed by atoms with Crippen molar-refractivity contribution in [3.8, 4) is 0 Å². The Morgan fingerprint density at radius 3 is 2.33 bits per heavy atom. The minimum atomic E-state index is -0.874. The number of nitro benzene ring substituents is 2. The molecule has 0 atom stereocenters. The van der Waals surface area contributed by atoms with Crippen LogP contribution in [0.1, 0.15) is 35.8 Å². The molecule has 0 aliphatic carbocycles. The number of hydrogen-bond donors (Lipinski definition) is 2. The highest BCUT2D eigenvalue weighted by atomic mass is 16.6. The highest BCUT2D eigenvalue weighted by molar-refractivity contribution is 6.00. The van der Waals surface area contributed by atoms with E-state index in [1.54, 1.807) is 0 Å². The zero-order valence-electron chi connectivity index (χ0n) is 17.7. The van der Waals surface area contributed by atoms with Crippen molar-refractivity contribution in [1.29, 1.82) is 0 Å². The standard InChI is InChI=1S/C21H20N6O6/c1-13(2)25-12-15(18-5-3-4-6-19(18)25)10-23-24-20(28)11-22-21(29)14-7-16(26(30)31)9-17(8-14)27(32)33/h3-10,12-13H,11H2,1-2H3,(H,22,29)(H,24,28)/b23-10-. The number of benzene rings is 2. The zero-order valence-corrected chi connectivity index (χ0v) is 17.7. The Hall–Kier alpha value is -4.61. The van der Waals surface area contributed by atoms with Crippen LogP contribution >= 0.6 is 0 Å². The van der Waals surface area contributed by atoms with Gasteiger partial charge in [0.25, 0.3) is 23.2 Å². The van der Waals surface area contributed by atoms with Crippen molar-refractivity contribution in [2.45, 2.75) is 19.9 Å². The van der Waals surface area contributed by atoms with Gasteiger partial charge in [-0.05, 0) is 19.9 Å². The maximum atomic E-state index is 12.2. The number of non-ortho nitro benzene ring substituents is 2. The largest absolute Gasteiger partial charge is 0.344 e. The molecule has 3 rings (SSSR count). The van der Waals surface area contributed by atoms with E-state index in [2.05, 4.69) is 20.4 Å². The molecule has 2 amide bonds. The number of carbonyl (C=O) groups excluding carboxylic acids is 2. The van der Waals surface area contributed by atoms with Gasteiger partial charge in [0.05, 0.1) is 34.2 Å². The predicted molar refractivity (Wildman–Crippen MR) is 120 cm³/mol. The van der Waals surface area contributed by atoms with Crippen LogP contribution in [0.2, 0.25) is 0 Å². The van der Waals surface area contributed by atoms with Crippen molar-refractivity contribution < 1.29 is 19.4 Å². The van der Waals surface area contributed by atoms with Crippen molar-refractivity contribution in [1.82, 2.24) is 15.3 Å². The van der Waals surface area contributed by atoms with Gasteiger partial charge in [-0.15, -0.1) is 0 Å². The molecule has 0 saturated carbocycles. The summed E-state index contributed by atoms with van der Waals surface area (Å²) in [6.45, 7) is 3.61. The number of rotatable bonds is 8. The van der Waals surface area contributed by atoms with Crippen LogP contribution in [0.4, 0.5) is 11.4 Å². The highest BCUT2D eigenvalue weighted by Crippen LogP contribution is 2.24. The molecule has 0 spiro atoms. The van der Waals surface area contributed by atoms with E-state index in [9.17, 15) is 29.8 Å². The summed E-state index contributed by atoms with van der Waals surface area (Å²) in [6, 6.07) is 10.5. The topological polar surface area (TPSA) is 162 Å². The molecule has 12 nitrogen and oxygen atoms in total. The Morgan fingerprint density at radius 2 is 1.73 bits per heavy atom. The van der Waals surface area contributed by atoms with E-state index in [1.165, 1.54) is 6.21 Å². The van der Waals surface area contributed by atoms with E-state index in [4.69, 9.17) is 0 Å². The van der Waals surface area contributed by atoms with Crippen molar-refractivity contribution in [3.63, 3.8) is 0 Å². The van der Waals surface area contributed by atoms with Crippen LogP contribution < -0.4 is 10.7 Å². The second kappa shape index (κ2) is 9.68. The Morgan fingerprint density at radius 1 is 1.09 bits per heavy atom. The van der Waals surface area contributed by atoms with Gasteiger partial charge in [0.15, 0.2) is 0 Å². The fourth-order valence-corrected chi connectivity index (χ4v) is 3.17. The summed E-state index contributed by atoms with van der Waals surface area (Å²) in [5.41, 5.74) is 2.59. The molecule has 33 heavy (non-hydrogen) atoms. The summed E-state index contributed by atoms with van der Waals surface area (Å²) in [7, 11) is 0. The molecule has 0 fully saturated rings. The summed E-state index contributed by atoms with van der Waals surface area (Å²) < 4.78 is 2.08. The molecule has 0 unspecified atom stereocenters. The first kappa shape index (κ1) is 23.1. The minimum absolute atomic E-state index is 0.228. The summed E-state index contributed by atoms with van der Waals surface area (Å²) in [4.78, 5) is 44.5. The lowest BCUT2D eigenvalue weighted by molar-refractivity contribution is -0.394. The molecule has 0 saturated heterocycles. The number of carbonyl (C=O) groups is 2. The van der Waals surface area contributed by atoms with Crippen LogP contribution in [-0.4, -0.2) is 39.0 Å². The Balaban J connectivity index is 1.64. The van der Waals surface area contributed by atoms with E-state index >= 15 is 0 Å². The number of nitrogens with one attached hydrogen (secondary N) is 2. The lowest BCUT2D eigenvalue weighted by Crippen LogP contribution is -2.35. The number of aromatic nitrogens is 1. The first-order valence-corrected chi connectivity index (χ1v) is 9.81. The predicted octanol–water partition coefficient (Wildman–Crippen LogP) is 2.92. The van der Waals surface area contributed by atoms with E-state index in [-0.39, 0.29) is 11.6 Å². The number of fused-ring (bicyclic) bond motifs is 1. The van der Waals surface area contributed by atoms with Gasteiger partial charge >= 0.3 is 0 Å². The zero-order chi connectivity index (χ0) is 24.1. The lowest BCUT2D eigenvalue weighted by atomic mass is 10.1. The second-order valence-electron chi connectivity index (χ2n) is 7.33. The molecule has 2 aromatic carbocycles. The summed E-state index contributed by atoms with van der Waals surface area (Å²) in [5, 5.41) is 29.0. The summed E-state index contributed by atoms with van der Waals surface area (Å²) in [6.07, 6.45) is 3.41. The van der Waals surface area contributed by atoms with Crippen molar-refractivity contribution >= 4 is 40.3 Å². The quantitative estimate of drug-likeness (QED) is 0.303. The first-order chi connectivity index (χ1) is 15.7. The minimum Gasteiger partial charge on any atom is -0.344 e. The van der Waals surface area contributed by atoms with Crippen LogP contribution in [0.5, 0.6) is 0 Å². The molecular formula is C21H20N6O6. The Kier molecular flexibility index (Phi) is 6.77. The van der Waals surface area contributed by atoms with Gasteiger partial charge in [0.1, 0.15) is 0 Å². The third kappa shape index (κ3) is 5.36. The molecule has 1 aromatic heterocycles. The molecule has 170 valence electrons. The highest BCUT2D eigenvalue weighted by Gasteiger charge is 2.20. The summed E-state index contributed by atoms with van der Waals surface area (Å²) >= 11 is 0. The van der Waals surface area contributed by atoms with Crippen molar-refractivity contribution in [2.75, 3.05) is 6.54 Å². The Labute approximate surface area is 187 Å². The molecular weight excluding hydrogens is 432 g/mol. The Bertz CT molecular complexity index is 1250. The van der Waals surface area contributed by atoms with Gasteiger partial charge in [0.2, 0.25) is 0 Å². The van der Waals surface area contributed by atoms with Crippen molar-refractivity contribution in [3.05, 3.63) is 80.0 Å². The van der Waals surface area contributed by atoms with Crippen LogP contribution in [0.15, 0.2) is 53.8 Å². The normalized spacial score (nSPS) is 11.1. The third-order valence-electron chi connectivity index (χ3n) is 4.72. The van der Waals surface area contributed by atoms with Crippen molar-refractivity contribution in [2.24, 2.45) is 5.10 Å². The molecule has 0 aliphatic rings. The van der Waals surface area contributed by atoms with Gasteiger partial charge in [-0.25, -0.2) is 5.43 Å². The average Bonchev–Trinajstić information content (AvgIpc) is 3.16. The number of amides is 2. The second-order valence-corrected chi connectivity index (χ2v) is 7.33. The number of nitrogens with zero attached hydrogens (tertiary/aromatic N) is 4. The molecule has 0 aliphatic heterocycles. The van der Waals surface area contributed by atoms with E-state index < -0.39 is 39.6 Å². The summed E-state index contributed by atoms with van der Waals surface area (Å²) in [5.74, 6) is -1.52. The van der Waals surface area contributed by atoms with E-state index in [1.807, 2.05) is 44.3 Å². The van der Waals surface area contributed by atoms with Gasteiger partial charge < -0.3 is 9.88 Å². The molecule has 1 heterocycles. The monoisotopic (exact) mass is 452 g/mol. The van der Waals surface area contributed by atoms with Crippen LogP contribution in [0.3, 0.4) is 0 Å². The smallest absolute Gasteiger partial charge is 0.277 e. The third-order valence-corrected chi connectivity index (χ3v) is 4.72. The number of para-hydroxylation sites is 1. The van der Waals surface area contributed by atoms with Gasteiger partial charge in [-0.1, -0.05) is 18.2 Å². The molecule has 3 aromatic rings. The number of nitro groups is 2. The van der Waals surface area contributed by atoms with E-state index in [0.29, 0.717) is 0 Å². The maximum absolute atomic E-state index is 12.2. The van der Waals surface area contributed by atoms with Crippen LogP contribution in [0, 0.1) is 20.2 Å². The molecule has 0 radical (unpaired) electrons. The average molecular weight is 452 g/mol. The SMILES string of the molecule is CC(C)n1cc(/C=N\NC(=O)CNC(=O)c2cc([N+](=O)[O-])cc([N+](=O)[O-])c2)c2ccccc21. The lowest BCUT2D eigenvalue weighted by Gasteiger charge is -2.08. The molecule has 0 bridgehead atoms. The van der Waals surface area contributed by atoms with Crippen LogP contribution in [-0.2, 0) is 4.79 Å². The van der Waals surface area contributed by atoms with Gasteiger partial charge in [-0.2, -0.15) is 5.10 Å². The number of hydrogen-bond acceptors (Lipinski definition) is 7. The first-order valence-electron chi connectivity index (χ1n) is 9.81. The fourth-order valence-electron chi connectivity index (χ4n) is 3.17. The van der Waals surface area contributed by atoms with Gasteiger partial charge in [-0.3, -0.25) is 29.8 Å². The fraction of sp³-hybridized carbons (Fsp3) is 0.190. The molecule has 2 N–H and O–H groups in total. The molecule has 12 heteroatoms. The van der Waals surface area contributed by atoms with Crippen LogP contribution in [0.25, 0.3) is 10.9 Å².